The first-order valence-electron chi connectivity index (χ1n) is 6.79. The van der Waals surface area contributed by atoms with Crippen LogP contribution in [0.3, 0.4) is 0 Å². The summed E-state index contributed by atoms with van der Waals surface area (Å²) in [4.78, 5) is 0. The SMILES string of the molecule is CCCNC(COC)CS(=O)Cc1ccccc1C. The van der Waals surface area contributed by atoms with Crippen LogP contribution in [0.4, 0.5) is 0 Å². The molecule has 0 saturated heterocycles. The summed E-state index contributed by atoms with van der Waals surface area (Å²) in [5.41, 5.74) is 2.38. The normalized spacial score (nSPS) is 14.3. The number of methoxy groups -OCH3 is 1. The van der Waals surface area contributed by atoms with Gasteiger partial charge in [0, 0.05) is 35.5 Å². The lowest BCUT2D eigenvalue weighted by molar-refractivity contribution is 0.173. The van der Waals surface area contributed by atoms with Gasteiger partial charge in [-0.05, 0) is 31.0 Å². The molecule has 1 N–H and O–H groups in total. The minimum absolute atomic E-state index is 0.176. The van der Waals surface area contributed by atoms with Gasteiger partial charge in [0.2, 0.25) is 0 Å². The third kappa shape index (κ3) is 6.32. The molecule has 0 amide bonds. The van der Waals surface area contributed by atoms with Crippen molar-refractivity contribution in [1.82, 2.24) is 5.32 Å². The van der Waals surface area contributed by atoms with Crippen LogP contribution >= 0.6 is 0 Å². The van der Waals surface area contributed by atoms with E-state index in [1.165, 1.54) is 11.1 Å². The fourth-order valence-corrected chi connectivity index (χ4v) is 3.40. The topological polar surface area (TPSA) is 38.3 Å². The van der Waals surface area contributed by atoms with E-state index < -0.39 is 10.8 Å². The number of aryl methyl sites for hydroxylation is 1. The Morgan fingerprint density at radius 2 is 2.11 bits per heavy atom. The summed E-state index contributed by atoms with van der Waals surface area (Å²) >= 11 is 0. The van der Waals surface area contributed by atoms with E-state index in [9.17, 15) is 4.21 Å². The zero-order chi connectivity index (χ0) is 14.1. The van der Waals surface area contributed by atoms with Gasteiger partial charge in [-0.3, -0.25) is 4.21 Å². The van der Waals surface area contributed by atoms with E-state index in [1.807, 2.05) is 12.1 Å². The number of nitrogens with one attached hydrogen (secondary N) is 1. The van der Waals surface area contributed by atoms with Crippen molar-refractivity contribution in [3.05, 3.63) is 35.4 Å². The lowest BCUT2D eigenvalue weighted by Crippen LogP contribution is -2.38. The quantitative estimate of drug-likeness (QED) is 0.755. The molecule has 0 fully saturated rings. The zero-order valence-electron chi connectivity index (χ0n) is 12.1. The van der Waals surface area contributed by atoms with E-state index in [0.717, 1.165) is 13.0 Å². The van der Waals surface area contributed by atoms with Crippen molar-refractivity contribution in [1.29, 1.82) is 0 Å². The van der Waals surface area contributed by atoms with E-state index >= 15 is 0 Å². The summed E-state index contributed by atoms with van der Waals surface area (Å²) in [6.07, 6.45) is 1.07. The smallest absolute Gasteiger partial charge is 0.0624 e. The third-order valence-electron chi connectivity index (χ3n) is 3.02. The molecule has 4 heteroatoms. The van der Waals surface area contributed by atoms with Gasteiger partial charge in [0.15, 0.2) is 0 Å². The van der Waals surface area contributed by atoms with Crippen LogP contribution in [0, 0.1) is 6.92 Å². The predicted molar refractivity (Wildman–Crippen MR) is 81.9 cm³/mol. The Morgan fingerprint density at radius 3 is 2.74 bits per heavy atom. The van der Waals surface area contributed by atoms with Crippen molar-refractivity contribution >= 4 is 10.8 Å². The first-order valence-corrected chi connectivity index (χ1v) is 8.28. The molecule has 2 atom stereocenters. The number of benzene rings is 1. The molecule has 0 aromatic heterocycles. The highest BCUT2D eigenvalue weighted by Gasteiger charge is 2.13. The third-order valence-corrected chi connectivity index (χ3v) is 4.42. The number of ether oxygens (including phenoxy) is 1. The largest absolute Gasteiger partial charge is 0.383 e. The van der Waals surface area contributed by atoms with Gasteiger partial charge in [-0.1, -0.05) is 31.2 Å². The van der Waals surface area contributed by atoms with Crippen LogP contribution in [0.2, 0.25) is 0 Å². The van der Waals surface area contributed by atoms with E-state index in [-0.39, 0.29) is 6.04 Å². The Hall–Kier alpha value is -0.710. The maximum atomic E-state index is 12.2. The second kappa shape index (κ2) is 9.23. The molecule has 0 aliphatic heterocycles. The van der Waals surface area contributed by atoms with Gasteiger partial charge in [-0.15, -0.1) is 0 Å². The second-order valence-corrected chi connectivity index (χ2v) is 6.29. The molecule has 3 nitrogen and oxygen atoms in total. The van der Waals surface area contributed by atoms with Crippen molar-refractivity contribution in [2.75, 3.05) is 26.0 Å². The molecule has 1 aromatic carbocycles. The molecule has 1 rings (SSSR count). The van der Waals surface area contributed by atoms with Crippen molar-refractivity contribution in [3.63, 3.8) is 0 Å². The zero-order valence-corrected chi connectivity index (χ0v) is 13.0. The maximum absolute atomic E-state index is 12.2. The molecule has 0 aliphatic carbocycles. The standard InChI is InChI=1S/C15H25NO2S/c1-4-9-16-15(10-18-3)12-19(17)11-14-8-6-5-7-13(14)2/h5-8,15-16H,4,9-12H2,1-3H3. The van der Waals surface area contributed by atoms with Crippen LogP contribution < -0.4 is 5.32 Å². The van der Waals surface area contributed by atoms with Gasteiger partial charge in [0.05, 0.1) is 6.61 Å². The van der Waals surface area contributed by atoms with Gasteiger partial charge < -0.3 is 10.1 Å². The number of hydrogen-bond donors (Lipinski definition) is 1. The molecule has 0 spiro atoms. The summed E-state index contributed by atoms with van der Waals surface area (Å²) in [5.74, 6) is 1.27. The molecular weight excluding hydrogens is 258 g/mol. The van der Waals surface area contributed by atoms with E-state index in [2.05, 4.69) is 31.3 Å². The van der Waals surface area contributed by atoms with E-state index in [1.54, 1.807) is 7.11 Å². The molecule has 0 bridgehead atoms. The average Bonchev–Trinajstić information content (AvgIpc) is 2.39. The fraction of sp³-hybridized carbons (Fsp3) is 0.600. The number of hydrogen-bond acceptors (Lipinski definition) is 3. The van der Waals surface area contributed by atoms with Crippen molar-refractivity contribution in [3.8, 4) is 0 Å². The van der Waals surface area contributed by atoms with Crippen molar-refractivity contribution in [2.24, 2.45) is 0 Å². The minimum atomic E-state index is -0.859. The highest BCUT2D eigenvalue weighted by Crippen LogP contribution is 2.10. The number of rotatable bonds is 9. The van der Waals surface area contributed by atoms with Crippen LogP contribution in [0.1, 0.15) is 24.5 Å². The minimum Gasteiger partial charge on any atom is -0.383 e. The van der Waals surface area contributed by atoms with Crippen LogP contribution in [-0.4, -0.2) is 36.3 Å². The Balaban J connectivity index is 2.50. The lowest BCUT2D eigenvalue weighted by Gasteiger charge is -2.17. The summed E-state index contributed by atoms with van der Waals surface area (Å²) in [6.45, 7) is 5.74. The van der Waals surface area contributed by atoms with Crippen molar-refractivity contribution < 1.29 is 8.95 Å². The molecule has 0 heterocycles. The van der Waals surface area contributed by atoms with Crippen molar-refractivity contribution in [2.45, 2.75) is 32.1 Å². The summed E-state index contributed by atoms with van der Waals surface area (Å²) < 4.78 is 17.4. The Labute approximate surface area is 119 Å². The molecule has 108 valence electrons. The van der Waals surface area contributed by atoms with Crippen LogP contribution in [0.25, 0.3) is 0 Å². The summed E-state index contributed by atoms with van der Waals surface area (Å²) in [6, 6.07) is 8.31. The molecule has 19 heavy (non-hydrogen) atoms. The Morgan fingerprint density at radius 1 is 1.37 bits per heavy atom. The van der Waals surface area contributed by atoms with Crippen LogP contribution in [-0.2, 0) is 21.3 Å². The summed E-state index contributed by atoms with van der Waals surface area (Å²) in [7, 11) is 0.827. The second-order valence-electron chi connectivity index (χ2n) is 4.78. The maximum Gasteiger partial charge on any atom is 0.0624 e. The fourth-order valence-electron chi connectivity index (χ4n) is 1.94. The van der Waals surface area contributed by atoms with Crippen LogP contribution in [0.5, 0.6) is 0 Å². The summed E-state index contributed by atoms with van der Waals surface area (Å²) in [5, 5.41) is 3.38. The van der Waals surface area contributed by atoms with Gasteiger partial charge in [-0.2, -0.15) is 0 Å². The monoisotopic (exact) mass is 283 g/mol. The van der Waals surface area contributed by atoms with E-state index in [0.29, 0.717) is 18.1 Å². The van der Waals surface area contributed by atoms with Gasteiger partial charge in [0.25, 0.3) is 0 Å². The average molecular weight is 283 g/mol. The molecule has 1 aromatic rings. The Bertz CT molecular complexity index is 395. The molecule has 0 aliphatic rings. The molecule has 2 unspecified atom stereocenters. The lowest BCUT2D eigenvalue weighted by atomic mass is 10.1. The Kier molecular flexibility index (Phi) is 7.94. The first-order chi connectivity index (χ1) is 9.17. The predicted octanol–water partition coefficient (Wildman–Crippen LogP) is 2.26. The molecule has 0 radical (unpaired) electrons. The van der Waals surface area contributed by atoms with Gasteiger partial charge >= 0.3 is 0 Å². The van der Waals surface area contributed by atoms with Crippen LogP contribution in [0.15, 0.2) is 24.3 Å². The van der Waals surface area contributed by atoms with Gasteiger partial charge in [-0.25, -0.2) is 0 Å². The molecular formula is C15H25NO2S. The highest BCUT2D eigenvalue weighted by molar-refractivity contribution is 7.84. The van der Waals surface area contributed by atoms with Gasteiger partial charge in [0.1, 0.15) is 0 Å². The first kappa shape index (κ1) is 16.3. The van der Waals surface area contributed by atoms with E-state index in [4.69, 9.17) is 4.74 Å². The molecule has 0 saturated carbocycles. The highest BCUT2D eigenvalue weighted by atomic mass is 32.2.